The fraction of sp³-hybridized carbons (Fsp3) is 0.675. The lowest BCUT2D eigenvalue weighted by Crippen LogP contribution is -2.56. The van der Waals surface area contributed by atoms with Crippen LogP contribution in [0.3, 0.4) is 0 Å². The first-order valence-electron chi connectivity index (χ1n) is 19.7. The molecular formula is C40H57N5O9. The SMILES string of the molecule is COc1ccc2c(c1)CCN(C(=O)O[C@@H]1C[C@H]3C(=O)N[C@]4(C(=O)O)C[C@H]4/C=C\CCCCC[C@H](NC(=O)OC(C)(C)C)C(=O)N3C1)C2CN1CCCCC1. The molecule has 296 valence electrons. The van der Waals surface area contributed by atoms with Gasteiger partial charge in [-0.3, -0.25) is 14.5 Å². The van der Waals surface area contributed by atoms with Crippen LogP contribution in [0.5, 0.6) is 5.75 Å². The number of likely N-dealkylation sites (tertiary alicyclic amines) is 1. The highest BCUT2D eigenvalue weighted by molar-refractivity contribution is 5.96. The molecule has 1 aromatic rings. The Labute approximate surface area is 317 Å². The maximum absolute atomic E-state index is 14.4. The summed E-state index contributed by atoms with van der Waals surface area (Å²) in [4.78, 5) is 73.6. The zero-order valence-corrected chi connectivity index (χ0v) is 32.1. The van der Waals surface area contributed by atoms with Gasteiger partial charge in [0.05, 0.1) is 19.7 Å². The van der Waals surface area contributed by atoms with Crippen LogP contribution in [-0.2, 0) is 30.3 Å². The third kappa shape index (κ3) is 9.13. The maximum Gasteiger partial charge on any atom is 0.410 e. The lowest BCUT2D eigenvalue weighted by molar-refractivity contribution is -0.145. The van der Waals surface area contributed by atoms with Gasteiger partial charge in [-0.1, -0.05) is 37.5 Å². The van der Waals surface area contributed by atoms with Crippen molar-refractivity contribution in [2.24, 2.45) is 5.92 Å². The molecule has 6 atom stereocenters. The molecule has 14 heteroatoms. The Bertz CT molecular complexity index is 1600. The molecule has 2 saturated heterocycles. The van der Waals surface area contributed by atoms with Crippen molar-refractivity contribution < 1.29 is 43.3 Å². The van der Waals surface area contributed by atoms with E-state index in [1.165, 1.54) is 11.3 Å². The van der Waals surface area contributed by atoms with E-state index in [1.54, 1.807) is 32.8 Å². The number of rotatable bonds is 6. The van der Waals surface area contributed by atoms with Crippen LogP contribution in [0.2, 0.25) is 0 Å². The van der Waals surface area contributed by atoms with Gasteiger partial charge in [0.15, 0.2) is 0 Å². The second-order valence-corrected chi connectivity index (χ2v) is 16.5. The summed E-state index contributed by atoms with van der Waals surface area (Å²) in [5, 5.41) is 15.7. The van der Waals surface area contributed by atoms with E-state index >= 15 is 0 Å². The third-order valence-corrected chi connectivity index (χ3v) is 11.4. The molecule has 3 fully saturated rings. The molecule has 4 amide bonds. The molecule has 3 N–H and O–H groups in total. The number of piperidine rings is 1. The topological polar surface area (TPSA) is 167 Å². The van der Waals surface area contributed by atoms with Crippen LogP contribution in [0.4, 0.5) is 9.59 Å². The summed E-state index contributed by atoms with van der Waals surface area (Å²) in [6.45, 7) is 8.09. The van der Waals surface area contributed by atoms with E-state index in [2.05, 4.69) is 15.5 Å². The van der Waals surface area contributed by atoms with Gasteiger partial charge in [-0.2, -0.15) is 0 Å². The van der Waals surface area contributed by atoms with Gasteiger partial charge in [0.25, 0.3) is 0 Å². The number of benzene rings is 1. The number of carboxylic acids is 1. The van der Waals surface area contributed by atoms with Crippen molar-refractivity contribution in [3.8, 4) is 5.75 Å². The summed E-state index contributed by atoms with van der Waals surface area (Å²) in [5.41, 5.74) is -0.107. The van der Waals surface area contributed by atoms with E-state index < -0.39 is 59.3 Å². The van der Waals surface area contributed by atoms with E-state index in [4.69, 9.17) is 14.2 Å². The van der Waals surface area contributed by atoms with E-state index in [9.17, 15) is 29.1 Å². The van der Waals surface area contributed by atoms with E-state index in [1.807, 2.05) is 30.4 Å². The van der Waals surface area contributed by atoms with E-state index in [0.717, 1.165) is 62.1 Å². The highest BCUT2D eigenvalue weighted by atomic mass is 16.6. The molecule has 4 aliphatic heterocycles. The van der Waals surface area contributed by atoms with Crippen LogP contribution in [-0.4, -0.2) is 119 Å². The molecule has 1 unspecified atom stereocenters. The van der Waals surface area contributed by atoms with Crippen LogP contribution >= 0.6 is 0 Å². The Hall–Kier alpha value is -4.33. The molecule has 0 radical (unpaired) electrons. The van der Waals surface area contributed by atoms with Crippen LogP contribution in [0.15, 0.2) is 30.4 Å². The number of hydrogen-bond donors (Lipinski definition) is 3. The minimum absolute atomic E-state index is 0.0168. The minimum Gasteiger partial charge on any atom is -0.497 e. The lowest BCUT2D eigenvalue weighted by atomic mass is 9.91. The molecule has 1 aliphatic carbocycles. The average Bonchev–Trinajstić information content (AvgIpc) is 3.67. The summed E-state index contributed by atoms with van der Waals surface area (Å²) >= 11 is 0. The molecule has 5 aliphatic rings. The van der Waals surface area contributed by atoms with Crippen molar-refractivity contribution in [1.82, 2.24) is 25.3 Å². The van der Waals surface area contributed by atoms with Gasteiger partial charge in [0.2, 0.25) is 11.8 Å². The molecule has 1 aromatic carbocycles. The first-order chi connectivity index (χ1) is 25.8. The number of carbonyl (C=O) groups excluding carboxylic acids is 4. The number of carbonyl (C=O) groups is 5. The molecule has 54 heavy (non-hydrogen) atoms. The van der Waals surface area contributed by atoms with Gasteiger partial charge < -0.3 is 39.8 Å². The fourth-order valence-electron chi connectivity index (χ4n) is 8.42. The number of allylic oxidation sites excluding steroid dienone is 1. The summed E-state index contributed by atoms with van der Waals surface area (Å²) in [6.07, 6.45) is 9.19. The number of alkyl carbamates (subject to hydrolysis) is 1. The molecule has 14 nitrogen and oxygen atoms in total. The highest BCUT2D eigenvalue weighted by Crippen LogP contribution is 2.45. The van der Waals surface area contributed by atoms with Crippen LogP contribution in [0.25, 0.3) is 0 Å². The van der Waals surface area contributed by atoms with Gasteiger partial charge in [-0.15, -0.1) is 0 Å². The second kappa shape index (κ2) is 16.6. The van der Waals surface area contributed by atoms with Crippen molar-refractivity contribution in [2.45, 2.75) is 127 Å². The molecule has 6 rings (SSSR count). The zero-order chi connectivity index (χ0) is 38.6. The van der Waals surface area contributed by atoms with Crippen molar-refractivity contribution in [1.29, 1.82) is 0 Å². The van der Waals surface area contributed by atoms with Gasteiger partial charge in [-0.25, -0.2) is 14.4 Å². The van der Waals surface area contributed by atoms with Gasteiger partial charge >= 0.3 is 18.2 Å². The maximum atomic E-state index is 14.4. The number of ether oxygens (including phenoxy) is 3. The van der Waals surface area contributed by atoms with Gasteiger partial charge in [0, 0.05) is 25.4 Å². The quantitative estimate of drug-likeness (QED) is 0.351. The van der Waals surface area contributed by atoms with E-state index in [0.29, 0.717) is 32.4 Å². The number of fused-ring (bicyclic) bond motifs is 3. The van der Waals surface area contributed by atoms with Gasteiger partial charge in [0.1, 0.15) is 35.1 Å². The van der Waals surface area contributed by atoms with E-state index in [-0.39, 0.29) is 31.3 Å². The lowest BCUT2D eigenvalue weighted by Gasteiger charge is -2.40. The van der Waals surface area contributed by atoms with Gasteiger partial charge in [-0.05, 0) is 102 Å². The minimum atomic E-state index is -1.48. The fourth-order valence-corrected chi connectivity index (χ4v) is 8.42. The standard InChI is InChI=1S/C40H57N5O9/c1-39(2,3)54-37(50)41-31-14-10-7-5-6-9-13-27-23-40(27,36(48)49)42-34(46)32-22-29(24-45(32)35(31)47)53-38(51)44-20-17-26-21-28(52-4)15-16-30(26)33(44)25-43-18-11-8-12-19-43/h9,13,15-16,21,27,29,31-33H,5-8,10-12,14,17-20,22-25H2,1-4H3,(H,41,50)(H,42,46)(H,48,49)/b13-9-/t27-,29-,31+,32+,33?,40-/m1/s1. The summed E-state index contributed by atoms with van der Waals surface area (Å²) in [5.74, 6) is -1.89. The Morgan fingerprint density at radius 3 is 2.52 bits per heavy atom. The molecule has 1 saturated carbocycles. The molecular weight excluding hydrogens is 694 g/mol. The van der Waals surface area contributed by atoms with Crippen LogP contribution < -0.4 is 15.4 Å². The highest BCUT2D eigenvalue weighted by Gasteiger charge is 2.61. The number of nitrogens with one attached hydrogen (secondary N) is 2. The Kier molecular flexibility index (Phi) is 12.1. The second-order valence-electron chi connectivity index (χ2n) is 16.5. The molecule has 0 spiro atoms. The molecule has 0 aromatic heterocycles. The van der Waals surface area contributed by atoms with Crippen molar-refractivity contribution in [2.75, 3.05) is 39.8 Å². The Morgan fingerprint density at radius 2 is 1.80 bits per heavy atom. The summed E-state index contributed by atoms with van der Waals surface area (Å²) in [6, 6.07) is 3.57. The Morgan fingerprint density at radius 1 is 1.04 bits per heavy atom. The number of nitrogens with zero attached hydrogens (tertiary/aromatic N) is 3. The Balaban J connectivity index is 1.25. The largest absolute Gasteiger partial charge is 0.497 e. The summed E-state index contributed by atoms with van der Waals surface area (Å²) < 4.78 is 17.2. The number of amides is 4. The molecule has 0 bridgehead atoms. The predicted molar refractivity (Wildman–Crippen MR) is 199 cm³/mol. The summed E-state index contributed by atoms with van der Waals surface area (Å²) in [7, 11) is 1.64. The van der Waals surface area contributed by atoms with Crippen LogP contribution in [0, 0.1) is 5.92 Å². The predicted octanol–water partition coefficient (Wildman–Crippen LogP) is 4.56. The van der Waals surface area contributed by atoms with Crippen molar-refractivity contribution in [3.63, 3.8) is 0 Å². The first-order valence-corrected chi connectivity index (χ1v) is 19.7. The average molecular weight is 752 g/mol. The smallest absolute Gasteiger partial charge is 0.410 e. The first kappa shape index (κ1) is 39.4. The van der Waals surface area contributed by atoms with Crippen molar-refractivity contribution in [3.05, 3.63) is 41.5 Å². The normalized spacial score (nSPS) is 30.0. The number of carboxylic acid groups (broad SMARTS) is 1. The zero-order valence-electron chi connectivity index (χ0n) is 32.1. The van der Waals surface area contributed by atoms with Crippen LogP contribution in [0.1, 0.15) is 102 Å². The number of methoxy groups -OCH3 is 1. The molecule has 4 heterocycles. The monoisotopic (exact) mass is 751 g/mol. The number of aliphatic carboxylic acids is 1. The third-order valence-electron chi connectivity index (χ3n) is 11.4. The number of hydrogen-bond acceptors (Lipinski definition) is 9. The van der Waals surface area contributed by atoms with Crippen molar-refractivity contribution >= 4 is 30.0 Å².